The van der Waals surface area contributed by atoms with Gasteiger partial charge in [-0.2, -0.15) is 0 Å². The second-order valence-electron chi connectivity index (χ2n) is 5.35. The third-order valence-electron chi connectivity index (χ3n) is 3.38. The molecule has 0 aliphatic carbocycles. The van der Waals surface area contributed by atoms with Crippen LogP contribution >= 0.6 is 0 Å². The van der Waals surface area contributed by atoms with E-state index in [4.69, 9.17) is 8.83 Å². The summed E-state index contributed by atoms with van der Waals surface area (Å²) in [5.74, 6) is 1.31. The van der Waals surface area contributed by atoms with Gasteiger partial charge in [0.1, 0.15) is 11.5 Å². The highest BCUT2D eigenvalue weighted by molar-refractivity contribution is 5.92. The summed E-state index contributed by atoms with van der Waals surface area (Å²) in [4.78, 5) is 23.8. The maximum absolute atomic E-state index is 11.9. The average molecular weight is 354 g/mol. The Morgan fingerprint density at radius 3 is 1.65 bits per heavy atom. The number of benzene rings is 1. The smallest absolute Gasteiger partial charge is 0.319 e. The van der Waals surface area contributed by atoms with Gasteiger partial charge in [-0.3, -0.25) is 0 Å². The molecule has 0 bridgehead atoms. The van der Waals surface area contributed by atoms with Gasteiger partial charge in [-0.05, 0) is 42.5 Å². The Balaban J connectivity index is 1.47. The molecule has 0 atom stereocenters. The summed E-state index contributed by atoms with van der Waals surface area (Å²) in [7, 11) is 0. The lowest BCUT2D eigenvalue weighted by Gasteiger charge is -2.10. The van der Waals surface area contributed by atoms with Crippen LogP contribution in [0.1, 0.15) is 11.5 Å². The second-order valence-corrected chi connectivity index (χ2v) is 5.35. The summed E-state index contributed by atoms with van der Waals surface area (Å²) in [6.07, 6.45) is 3.09. The van der Waals surface area contributed by atoms with Crippen LogP contribution in [0, 0.1) is 0 Å². The zero-order valence-electron chi connectivity index (χ0n) is 13.8. The van der Waals surface area contributed by atoms with Gasteiger partial charge in [0.15, 0.2) is 0 Å². The fourth-order valence-corrected chi connectivity index (χ4v) is 2.19. The van der Waals surface area contributed by atoms with Gasteiger partial charge in [0, 0.05) is 11.4 Å². The molecule has 1 aromatic carbocycles. The maximum Gasteiger partial charge on any atom is 0.319 e. The molecule has 3 aromatic rings. The van der Waals surface area contributed by atoms with Gasteiger partial charge >= 0.3 is 12.1 Å². The zero-order chi connectivity index (χ0) is 18.2. The van der Waals surface area contributed by atoms with Crippen LogP contribution in [-0.4, -0.2) is 12.1 Å². The quantitative estimate of drug-likeness (QED) is 0.543. The van der Waals surface area contributed by atoms with Gasteiger partial charge in [0.05, 0.1) is 25.6 Å². The lowest BCUT2D eigenvalue weighted by molar-refractivity contribution is 0.250. The van der Waals surface area contributed by atoms with Crippen LogP contribution in [0.2, 0.25) is 0 Å². The summed E-state index contributed by atoms with van der Waals surface area (Å²) in [5, 5.41) is 10.7. The lowest BCUT2D eigenvalue weighted by atomic mass is 10.3. The SMILES string of the molecule is O=C(NCc1ccco1)Nc1cccc(NC(=O)NCc2ccco2)c1. The monoisotopic (exact) mass is 354 g/mol. The molecule has 2 aromatic heterocycles. The van der Waals surface area contributed by atoms with Gasteiger partial charge in [-0.15, -0.1) is 0 Å². The number of hydrogen-bond acceptors (Lipinski definition) is 4. The van der Waals surface area contributed by atoms with E-state index < -0.39 is 0 Å². The molecule has 0 fully saturated rings. The van der Waals surface area contributed by atoms with Gasteiger partial charge in [-0.25, -0.2) is 9.59 Å². The van der Waals surface area contributed by atoms with Crippen molar-refractivity contribution < 1.29 is 18.4 Å². The fourth-order valence-electron chi connectivity index (χ4n) is 2.19. The number of nitrogens with one attached hydrogen (secondary N) is 4. The van der Waals surface area contributed by atoms with Crippen LogP contribution in [0.15, 0.2) is 69.9 Å². The fraction of sp³-hybridized carbons (Fsp3) is 0.111. The summed E-state index contributed by atoms with van der Waals surface area (Å²) in [5.41, 5.74) is 1.09. The first-order valence-corrected chi connectivity index (χ1v) is 7.93. The number of urea groups is 2. The van der Waals surface area contributed by atoms with E-state index in [1.807, 2.05) is 0 Å². The summed E-state index contributed by atoms with van der Waals surface area (Å²) in [6, 6.07) is 13.1. The van der Waals surface area contributed by atoms with Crippen molar-refractivity contribution in [3.05, 3.63) is 72.6 Å². The maximum atomic E-state index is 11.9. The third-order valence-corrected chi connectivity index (χ3v) is 3.38. The van der Waals surface area contributed by atoms with Crippen molar-refractivity contribution in [3.63, 3.8) is 0 Å². The van der Waals surface area contributed by atoms with Crippen molar-refractivity contribution in [2.24, 2.45) is 0 Å². The molecular weight excluding hydrogens is 336 g/mol. The number of carbonyl (C=O) groups is 2. The Hall–Kier alpha value is -3.68. The topological polar surface area (TPSA) is 109 Å². The minimum absolute atomic E-state index is 0.284. The highest BCUT2D eigenvalue weighted by atomic mass is 16.3. The Labute approximate surface area is 149 Å². The molecule has 134 valence electrons. The average Bonchev–Trinajstić information content (AvgIpc) is 3.32. The molecule has 0 aliphatic heterocycles. The molecular formula is C18H18N4O4. The number of hydrogen-bond donors (Lipinski definition) is 4. The molecule has 0 radical (unpaired) electrons. The van der Waals surface area contributed by atoms with E-state index in [0.717, 1.165) is 0 Å². The molecule has 8 heteroatoms. The van der Waals surface area contributed by atoms with Crippen molar-refractivity contribution in [2.75, 3.05) is 10.6 Å². The van der Waals surface area contributed by atoms with Crippen molar-refractivity contribution in [3.8, 4) is 0 Å². The summed E-state index contributed by atoms with van der Waals surface area (Å²) < 4.78 is 10.3. The third kappa shape index (κ3) is 5.17. The number of rotatable bonds is 6. The van der Waals surface area contributed by atoms with Crippen molar-refractivity contribution >= 4 is 23.4 Å². The van der Waals surface area contributed by atoms with Crippen LogP contribution in [0.25, 0.3) is 0 Å². The predicted molar refractivity (Wildman–Crippen MR) is 95.6 cm³/mol. The normalized spacial score (nSPS) is 10.2. The Morgan fingerprint density at radius 1 is 0.731 bits per heavy atom. The first-order chi connectivity index (χ1) is 12.7. The number of anilines is 2. The van der Waals surface area contributed by atoms with E-state index >= 15 is 0 Å². The summed E-state index contributed by atoms with van der Waals surface area (Å²) in [6.45, 7) is 0.567. The van der Waals surface area contributed by atoms with Gasteiger partial charge in [0.2, 0.25) is 0 Å². The first-order valence-electron chi connectivity index (χ1n) is 7.93. The van der Waals surface area contributed by atoms with Crippen LogP contribution in [-0.2, 0) is 13.1 Å². The van der Waals surface area contributed by atoms with E-state index in [-0.39, 0.29) is 25.2 Å². The Kier molecular flexibility index (Phi) is 5.56. The van der Waals surface area contributed by atoms with E-state index in [0.29, 0.717) is 22.9 Å². The van der Waals surface area contributed by atoms with E-state index in [2.05, 4.69) is 21.3 Å². The second kappa shape index (κ2) is 8.43. The molecule has 8 nitrogen and oxygen atoms in total. The summed E-state index contributed by atoms with van der Waals surface area (Å²) >= 11 is 0. The Bertz CT molecular complexity index is 776. The first kappa shape index (κ1) is 17.2. The van der Waals surface area contributed by atoms with Crippen LogP contribution < -0.4 is 21.3 Å². The molecule has 3 rings (SSSR count). The zero-order valence-corrected chi connectivity index (χ0v) is 13.8. The molecule has 0 aliphatic rings. The van der Waals surface area contributed by atoms with Crippen molar-refractivity contribution in [2.45, 2.75) is 13.1 Å². The molecule has 4 N–H and O–H groups in total. The van der Waals surface area contributed by atoms with Crippen LogP contribution in [0.5, 0.6) is 0 Å². The number of amides is 4. The standard InChI is InChI=1S/C18H18N4O4/c23-17(19-11-15-6-2-8-25-15)21-13-4-1-5-14(10-13)22-18(24)20-12-16-7-3-9-26-16/h1-10H,11-12H2,(H2,19,21,23)(H2,20,22,24). The van der Waals surface area contributed by atoms with E-state index in [1.165, 1.54) is 0 Å². The minimum Gasteiger partial charge on any atom is -0.467 e. The van der Waals surface area contributed by atoms with Crippen molar-refractivity contribution in [1.82, 2.24) is 10.6 Å². The van der Waals surface area contributed by atoms with Crippen molar-refractivity contribution in [1.29, 1.82) is 0 Å². The predicted octanol–water partition coefficient (Wildman–Crippen LogP) is 3.52. The molecule has 4 amide bonds. The highest BCUT2D eigenvalue weighted by Gasteiger charge is 2.06. The van der Waals surface area contributed by atoms with E-state index in [1.54, 1.807) is 61.1 Å². The molecule has 2 heterocycles. The van der Waals surface area contributed by atoms with E-state index in [9.17, 15) is 9.59 Å². The molecule has 0 unspecified atom stereocenters. The Morgan fingerprint density at radius 2 is 1.23 bits per heavy atom. The minimum atomic E-state index is -0.374. The molecule has 0 saturated carbocycles. The largest absolute Gasteiger partial charge is 0.467 e. The molecule has 0 spiro atoms. The van der Waals surface area contributed by atoms with Crippen LogP contribution in [0.3, 0.4) is 0 Å². The molecule has 0 saturated heterocycles. The number of furan rings is 2. The highest BCUT2D eigenvalue weighted by Crippen LogP contribution is 2.15. The number of carbonyl (C=O) groups excluding carboxylic acids is 2. The van der Waals surface area contributed by atoms with Gasteiger partial charge < -0.3 is 30.1 Å². The van der Waals surface area contributed by atoms with Gasteiger partial charge in [0.25, 0.3) is 0 Å². The van der Waals surface area contributed by atoms with Gasteiger partial charge in [-0.1, -0.05) is 6.07 Å². The lowest BCUT2D eigenvalue weighted by Crippen LogP contribution is -2.29. The molecule has 26 heavy (non-hydrogen) atoms. The van der Waals surface area contributed by atoms with Crippen LogP contribution in [0.4, 0.5) is 21.0 Å².